The van der Waals surface area contributed by atoms with Crippen molar-refractivity contribution in [2.45, 2.75) is 65.1 Å². The zero-order chi connectivity index (χ0) is 34.4. The summed E-state index contributed by atoms with van der Waals surface area (Å²) in [4.78, 5) is 51.1. The van der Waals surface area contributed by atoms with Crippen LogP contribution in [0.25, 0.3) is 10.9 Å². The largest absolute Gasteiger partial charge is 0.493 e. The highest BCUT2D eigenvalue weighted by atomic mass is 16.5. The number of amides is 3. The SMILES string of the molecule is COc1cc(C(=O)N2CCCC(=O)N[C@H](Cc3c[nH]c4ccccc34)C(=O)N[C@@H](CC(C)C)c3nc(C)nn3CC2)cc(OC)c1OC. The van der Waals surface area contributed by atoms with Crippen LogP contribution in [-0.4, -0.2) is 82.8 Å². The van der Waals surface area contributed by atoms with Gasteiger partial charge in [-0.1, -0.05) is 32.0 Å². The van der Waals surface area contributed by atoms with Gasteiger partial charge in [0.15, 0.2) is 11.5 Å². The number of hydrogen-bond acceptors (Lipinski definition) is 8. The molecule has 0 bridgehead atoms. The summed E-state index contributed by atoms with van der Waals surface area (Å²) in [5, 5.41) is 11.8. The predicted octanol–water partition coefficient (Wildman–Crippen LogP) is 3.96. The maximum Gasteiger partial charge on any atom is 0.254 e. The molecular formula is C35H45N7O6. The van der Waals surface area contributed by atoms with Gasteiger partial charge in [0.1, 0.15) is 17.7 Å². The minimum Gasteiger partial charge on any atom is -0.493 e. The Balaban J connectivity index is 1.48. The third kappa shape index (κ3) is 7.72. The number of nitrogens with zero attached hydrogens (tertiary/aromatic N) is 4. The molecule has 3 amide bonds. The Morgan fingerprint density at radius 3 is 2.40 bits per heavy atom. The molecule has 0 aliphatic carbocycles. The van der Waals surface area contributed by atoms with Gasteiger partial charge in [-0.3, -0.25) is 14.4 Å². The van der Waals surface area contributed by atoms with Crippen molar-refractivity contribution in [1.29, 1.82) is 0 Å². The minimum atomic E-state index is -0.830. The van der Waals surface area contributed by atoms with Crippen LogP contribution in [0.15, 0.2) is 42.6 Å². The van der Waals surface area contributed by atoms with Crippen LogP contribution in [0, 0.1) is 12.8 Å². The first kappa shape index (κ1) is 34.3. The van der Waals surface area contributed by atoms with Gasteiger partial charge in [0.2, 0.25) is 17.6 Å². The number of rotatable bonds is 8. The van der Waals surface area contributed by atoms with Crippen molar-refractivity contribution < 1.29 is 28.6 Å². The molecular weight excluding hydrogens is 614 g/mol. The molecule has 2 aromatic heterocycles. The molecule has 3 heterocycles. The zero-order valence-corrected chi connectivity index (χ0v) is 28.5. The maximum atomic E-state index is 14.0. The summed E-state index contributed by atoms with van der Waals surface area (Å²) in [6.45, 7) is 6.88. The number of carbonyl (C=O) groups is 3. The van der Waals surface area contributed by atoms with Crippen molar-refractivity contribution in [3.05, 3.63) is 65.4 Å². The summed E-state index contributed by atoms with van der Waals surface area (Å²) in [6, 6.07) is 9.81. The minimum absolute atomic E-state index is 0.125. The molecule has 4 aromatic rings. The molecule has 0 radical (unpaired) electrons. The van der Waals surface area contributed by atoms with E-state index in [0.29, 0.717) is 73.4 Å². The van der Waals surface area contributed by atoms with Crippen LogP contribution in [0.5, 0.6) is 17.2 Å². The molecule has 0 fully saturated rings. The first-order valence-corrected chi connectivity index (χ1v) is 16.3. The van der Waals surface area contributed by atoms with Gasteiger partial charge in [0.05, 0.1) is 33.9 Å². The number of aromatic amines is 1. The molecule has 0 spiro atoms. The molecule has 0 saturated carbocycles. The lowest BCUT2D eigenvalue weighted by Crippen LogP contribution is -2.49. The molecule has 2 aromatic carbocycles. The number of methoxy groups -OCH3 is 3. The van der Waals surface area contributed by atoms with Crippen LogP contribution in [0.3, 0.4) is 0 Å². The fourth-order valence-electron chi connectivity index (χ4n) is 6.21. The van der Waals surface area contributed by atoms with Gasteiger partial charge in [0, 0.05) is 48.6 Å². The van der Waals surface area contributed by atoms with Crippen LogP contribution in [0.4, 0.5) is 0 Å². The van der Waals surface area contributed by atoms with Crippen molar-refractivity contribution in [2.24, 2.45) is 5.92 Å². The summed E-state index contributed by atoms with van der Waals surface area (Å²) in [5.74, 6) is 1.68. The molecule has 1 aliphatic heterocycles. The summed E-state index contributed by atoms with van der Waals surface area (Å²) < 4.78 is 18.2. The molecule has 256 valence electrons. The number of nitrogens with one attached hydrogen (secondary N) is 3. The standard InChI is InChI=1S/C35H45N7O6/c1-21(2)16-27-33-37-22(3)40-42(33)15-14-41(35(45)23-18-29(46-4)32(48-6)30(19-23)47-5)13-9-12-31(43)38-28(34(44)39-27)17-24-20-36-26-11-8-7-10-25(24)26/h7-8,10-11,18-21,27-28,36H,9,12-17H2,1-6H3,(H,38,43)(H,39,44)/t27-,28+/m0/s1. The first-order valence-electron chi connectivity index (χ1n) is 16.3. The summed E-state index contributed by atoms with van der Waals surface area (Å²) in [5.41, 5.74) is 2.24. The molecule has 0 unspecified atom stereocenters. The highest BCUT2D eigenvalue weighted by Gasteiger charge is 2.30. The average Bonchev–Trinajstić information content (AvgIpc) is 3.66. The Bertz CT molecular complexity index is 1740. The van der Waals surface area contributed by atoms with E-state index in [2.05, 4.69) is 34.6 Å². The van der Waals surface area contributed by atoms with Crippen molar-refractivity contribution in [2.75, 3.05) is 34.4 Å². The van der Waals surface area contributed by atoms with Gasteiger partial charge in [-0.25, -0.2) is 9.67 Å². The number of aromatic nitrogens is 4. The third-order valence-electron chi connectivity index (χ3n) is 8.50. The second kappa shape index (κ2) is 15.2. The van der Waals surface area contributed by atoms with E-state index in [-0.39, 0.29) is 30.1 Å². The van der Waals surface area contributed by atoms with E-state index >= 15 is 0 Å². The quantitative estimate of drug-likeness (QED) is 0.257. The van der Waals surface area contributed by atoms with E-state index in [1.807, 2.05) is 30.5 Å². The highest BCUT2D eigenvalue weighted by Crippen LogP contribution is 2.38. The van der Waals surface area contributed by atoms with E-state index in [1.165, 1.54) is 21.3 Å². The Morgan fingerprint density at radius 1 is 0.979 bits per heavy atom. The van der Waals surface area contributed by atoms with Crippen LogP contribution in [-0.2, 0) is 22.6 Å². The Kier molecular flexibility index (Phi) is 10.9. The Labute approximate surface area is 280 Å². The van der Waals surface area contributed by atoms with Gasteiger partial charge in [0.25, 0.3) is 5.91 Å². The van der Waals surface area contributed by atoms with Crippen LogP contribution >= 0.6 is 0 Å². The van der Waals surface area contributed by atoms with E-state index < -0.39 is 12.1 Å². The van der Waals surface area contributed by atoms with Gasteiger partial charge in [-0.2, -0.15) is 5.10 Å². The van der Waals surface area contributed by atoms with Gasteiger partial charge < -0.3 is 34.7 Å². The summed E-state index contributed by atoms with van der Waals surface area (Å²) in [6.07, 6.45) is 3.29. The number of carbonyl (C=O) groups excluding carboxylic acids is 3. The Hall–Kier alpha value is -5.07. The second-order valence-electron chi connectivity index (χ2n) is 12.4. The molecule has 5 rings (SSSR count). The molecule has 13 nitrogen and oxygen atoms in total. The number of fused-ring (bicyclic) bond motifs is 2. The highest BCUT2D eigenvalue weighted by molar-refractivity contribution is 5.96. The van der Waals surface area contributed by atoms with Crippen molar-refractivity contribution in [3.63, 3.8) is 0 Å². The fraction of sp³-hybridized carbons (Fsp3) is 0.457. The van der Waals surface area contributed by atoms with E-state index in [9.17, 15) is 14.4 Å². The summed E-state index contributed by atoms with van der Waals surface area (Å²) in [7, 11) is 4.50. The van der Waals surface area contributed by atoms with Crippen molar-refractivity contribution in [1.82, 2.24) is 35.3 Å². The van der Waals surface area contributed by atoms with Crippen molar-refractivity contribution in [3.8, 4) is 17.2 Å². The third-order valence-corrected chi connectivity index (χ3v) is 8.50. The van der Waals surface area contributed by atoms with Gasteiger partial charge >= 0.3 is 0 Å². The molecule has 0 saturated heterocycles. The average molecular weight is 660 g/mol. The number of hydrogen-bond donors (Lipinski definition) is 3. The van der Waals surface area contributed by atoms with Gasteiger partial charge in [-0.15, -0.1) is 0 Å². The number of H-pyrrole nitrogens is 1. The lowest BCUT2D eigenvalue weighted by molar-refractivity contribution is -0.129. The number of benzene rings is 2. The number of ether oxygens (including phenoxy) is 3. The monoisotopic (exact) mass is 659 g/mol. The normalized spacial score (nSPS) is 17.8. The lowest BCUT2D eigenvalue weighted by Gasteiger charge is -2.27. The molecule has 1 aliphatic rings. The van der Waals surface area contributed by atoms with Crippen LogP contribution in [0.1, 0.15) is 66.7 Å². The maximum absolute atomic E-state index is 14.0. The molecule has 3 N–H and O–H groups in total. The molecule has 2 atom stereocenters. The first-order chi connectivity index (χ1) is 23.1. The second-order valence-corrected chi connectivity index (χ2v) is 12.4. The van der Waals surface area contributed by atoms with Crippen LogP contribution < -0.4 is 24.8 Å². The predicted molar refractivity (Wildman–Crippen MR) is 180 cm³/mol. The van der Waals surface area contributed by atoms with E-state index in [1.54, 1.807) is 28.6 Å². The zero-order valence-electron chi connectivity index (χ0n) is 28.5. The smallest absolute Gasteiger partial charge is 0.254 e. The topological polar surface area (TPSA) is 153 Å². The lowest BCUT2D eigenvalue weighted by atomic mass is 10.0. The van der Waals surface area contributed by atoms with E-state index in [4.69, 9.17) is 19.2 Å². The molecule has 48 heavy (non-hydrogen) atoms. The van der Waals surface area contributed by atoms with E-state index in [0.717, 1.165) is 16.5 Å². The molecule has 13 heteroatoms. The van der Waals surface area contributed by atoms with Crippen molar-refractivity contribution >= 4 is 28.6 Å². The van der Waals surface area contributed by atoms with Crippen LogP contribution in [0.2, 0.25) is 0 Å². The number of para-hydroxylation sites is 1. The number of aryl methyl sites for hydroxylation is 1. The summed E-state index contributed by atoms with van der Waals surface area (Å²) >= 11 is 0. The Morgan fingerprint density at radius 2 is 1.71 bits per heavy atom. The van der Waals surface area contributed by atoms with Gasteiger partial charge in [-0.05, 0) is 49.4 Å². The fourth-order valence-corrected chi connectivity index (χ4v) is 6.21.